The average molecular weight is 446 g/mol. The van der Waals surface area contributed by atoms with Crippen molar-refractivity contribution in [2.75, 3.05) is 5.73 Å². The van der Waals surface area contributed by atoms with Crippen LogP contribution in [0.3, 0.4) is 0 Å². The first-order valence-corrected chi connectivity index (χ1v) is 10.3. The molecule has 166 valence electrons. The molecule has 0 unspecified atom stereocenters. The lowest BCUT2D eigenvalue weighted by Gasteiger charge is -2.10. The molecular weight excluding hydrogens is 425 g/mol. The Morgan fingerprint density at radius 2 is 1.79 bits per heavy atom. The van der Waals surface area contributed by atoms with Crippen LogP contribution in [0.25, 0.3) is 28.0 Å². The molecule has 0 bridgehead atoms. The summed E-state index contributed by atoms with van der Waals surface area (Å²) in [5.74, 6) is 0.263. The number of benzene rings is 1. The summed E-state index contributed by atoms with van der Waals surface area (Å²) in [6.45, 7) is 5.73. The molecule has 0 aliphatic carbocycles. The van der Waals surface area contributed by atoms with Crippen molar-refractivity contribution in [2.24, 2.45) is 0 Å². The Bertz CT molecular complexity index is 1540. The molecule has 0 fully saturated rings. The Hall–Kier alpha value is -4.34. The van der Waals surface area contributed by atoms with E-state index in [2.05, 4.69) is 20.1 Å². The van der Waals surface area contributed by atoms with Crippen LogP contribution in [0.1, 0.15) is 22.8 Å². The molecule has 0 amide bonds. The zero-order chi connectivity index (χ0) is 23.3. The fourth-order valence-corrected chi connectivity index (χ4v) is 3.96. The lowest BCUT2D eigenvalue weighted by molar-refractivity contribution is -0.516. The fraction of sp³-hybridized carbons (Fsp3) is 0.174. The number of pyridine rings is 1. The van der Waals surface area contributed by atoms with Crippen LogP contribution >= 0.6 is 0 Å². The van der Waals surface area contributed by atoms with Gasteiger partial charge in [0.25, 0.3) is 0 Å². The highest BCUT2D eigenvalue weighted by molar-refractivity contribution is 5.88. The van der Waals surface area contributed by atoms with Gasteiger partial charge in [0.05, 0.1) is 5.56 Å². The number of hydrogen-bond acceptors (Lipinski definition) is 6. The number of anilines is 1. The number of aromatic nitrogens is 6. The van der Waals surface area contributed by atoms with Gasteiger partial charge in [0, 0.05) is 17.0 Å². The van der Waals surface area contributed by atoms with E-state index in [-0.39, 0.29) is 18.3 Å². The fourth-order valence-electron chi connectivity index (χ4n) is 3.96. The van der Waals surface area contributed by atoms with Crippen molar-refractivity contribution in [1.82, 2.24) is 24.7 Å². The highest BCUT2D eigenvalue weighted by Gasteiger charge is 2.26. The Morgan fingerprint density at radius 1 is 1.09 bits per heavy atom. The Morgan fingerprint density at radius 3 is 2.42 bits per heavy atom. The van der Waals surface area contributed by atoms with Crippen molar-refractivity contribution >= 4 is 11.6 Å². The quantitative estimate of drug-likeness (QED) is 0.410. The Balaban J connectivity index is 1.84. The monoisotopic (exact) mass is 446 g/mol. The van der Waals surface area contributed by atoms with Crippen molar-refractivity contribution in [2.45, 2.75) is 27.3 Å². The second kappa shape index (κ2) is 7.66. The van der Waals surface area contributed by atoms with Crippen LogP contribution in [-0.4, -0.2) is 24.7 Å². The van der Waals surface area contributed by atoms with E-state index in [0.29, 0.717) is 33.9 Å². The van der Waals surface area contributed by atoms with E-state index in [1.165, 1.54) is 27.6 Å². The van der Waals surface area contributed by atoms with E-state index in [4.69, 9.17) is 10.2 Å². The largest absolute Gasteiger partial charge is 0.448 e. The second-order valence-corrected chi connectivity index (χ2v) is 7.86. The minimum atomic E-state index is -0.396. The number of nitrogens with two attached hydrogens (primary N) is 1. The summed E-state index contributed by atoms with van der Waals surface area (Å²) in [4.78, 5) is 26.4. The highest BCUT2D eigenvalue weighted by atomic mass is 19.1. The zero-order valence-corrected chi connectivity index (χ0v) is 18.3. The maximum absolute atomic E-state index is 13.6. The summed E-state index contributed by atoms with van der Waals surface area (Å²) >= 11 is 0. The summed E-state index contributed by atoms with van der Waals surface area (Å²) in [5, 5.41) is 3.17. The van der Waals surface area contributed by atoms with Crippen LogP contribution in [0, 0.1) is 26.6 Å². The van der Waals surface area contributed by atoms with Gasteiger partial charge in [-0.2, -0.15) is 4.68 Å². The van der Waals surface area contributed by atoms with Gasteiger partial charge in [-0.1, -0.05) is 0 Å². The average Bonchev–Trinajstić information content (AvgIpc) is 3.31. The number of H-pyrrole nitrogens is 1. The first-order valence-electron chi connectivity index (χ1n) is 10.3. The number of halogens is 1. The molecule has 0 radical (unpaired) electrons. The lowest BCUT2D eigenvalue weighted by atomic mass is 9.99. The van der Waals surface area contributed by atoms with Gasteiger partial charge in [0.1, 0.15) is 29.5 Å². The van der Waals surface area contributed by atoms with Crippen molar-refractivity contribution < 1.29 is 13.2 Å². The summed E-state index contributed by atoms with van der Waals surface area (Å²) in [6, 6.07) is 9.80. The molecule has 9 nitrogen and oxygen atoms in total. The number of rotatable bonds is 4. The molecule has 0 saturated heterocycles. The predicted octanol–water partition coefficient (Wildman–Crippen LogP) is 2.72. The van der Waals surface area contributed by atoms with Gasteiger partial charge in [0.2, 0.25) is 5.65 Å². The number of aromatic amines is 1. The zero-order valence-electron chi connectivity index (χ0n) is 18.3. The summed E-state index contributed by atoms with van der Waals surface area (Å²) in [7, 11) is 0. The Kier molecular flexibility index (Phi) is 4.77. The first-order chi connectivity index (χ1) is 15.8. The Labute approximate surface area is 187 Å². The van der Waals surface area contributed by atoms with Crippen LogP contribution in [0.4, 0.5) is 10.3 Å². The van der Waals surface area contributed by atoms with Crippen LogP contribution in [0.5, 0.6) is 0 Å². The van der Waals surface area contributed by atoms with Gasteiger partial charge in [-0.3, -0.25) is 4.98 Å². The van der Waals surface area contributed by atoms with E-state index in [0.717, 1.165) is 17.0 Å². The molecule has 0 aliphatic heterocycles. The summed E-state index contributed by atoms with van der Waals surface area (Å²) in [6.07, 6.45) is 1.34. The smallest absolute Gasteiger partial charge is 0.428 e. The molecule has 0 aliphatic rings. The molecule has 4 heterocycles. The van der Waals surface area contributed by atoms with Gasteiger partial charge in [0.15, 0.2) is 6.39 Å². The summed E-state index contributed by atoms with van der Waals surface area (Å²) in [5.41, 5.74) is 11.2. The third kappa shape index (κ3) is 3.55. The predicted molar refractivity (Wildman–Crippen MR) is 119 cm³/mol. The highest BCUT2D eigenvalue weighted by Crippen LogP contribution is 2.33. The molecule has 0 saturated carbocycles. The minimum absolute atomic E-state index is 0.00690. The van der Waals surface area contributed by atoms with E-state index >= 15 is 0 Å². The van der Waals surface area contributed by atoms with Crippen LogP contribution in [0.2, 0.25) is 0 Å². The van der Waals surface area contributed by atoms with Crippen molar-refractivity contribution in [1.29, 1.82) is 0 Å². The SMILES string of the molecule is Cc1cc(-c2c(-c3ccc(F)cc3)nc(N)[n+]3c(=O)n(Cc4ncoc4C)[nH]c23)cc(C)n1. The van der Waals surface area contributed by atoms with Crippen molar-refractivity contribution in [3.8, 4) is 22.4 Å². The third-order valence-electron chi connectivity index (χ3n) is 5.46. The normalized spacial score (nSPS) is 11.4. The molecule has 10 heteroatoms. The minimum Gasteiger partial charge on any atom is -0.448 e. The molecule has 33 heavy (non-hydrogen) atoms. The number of nitrogens with zero attached hydrogens (tertiary/aromatic N) is 5. The number of nitrogen functional groups attached to an aromatic ring is 1. The van der Waals surface area contributed by atoms with Crippen molar-refractivity contribution in [3.63, 3.8) is 0 Å². The van der Waals surface area contributed by atoms with E-state index in [9.17, 15) is 9.18 Å². The van der Waals surface area contributed by atoms with Gasteiger partial charge < -0.3 is 10.2 Å². The molecule has 0 atom stereocenters. The third-order valence-corrected chi connectivity index (χ3v) is 5.46. The van der Waals surface area contributed by atoms with E-state index in [1.54, 1.807) is 19.1 Å². The topological polar surface area (TPSA) is 120 Å². The van der Waals surface area contributed by atoms with Gasteiger partial charge in [-0.05, 0) is 62.7 Å². The number of aryl methyl sites for hydroxylation is 3. The van der Waals surface area contributed by atoms with E-state index in [1.807, 2.05) is 26.0 Å². The molecule has 3 N–H and O–H groups in total. The van der Waals surface area contributed by atoms with Gasteiger partial charge in [-0.15, -0.1) is 9.38 Å². The van der Waals surface area contributed by atoms with Crippen LogP contribution in [0.15, 0.2) is 52.0 Å². The first kappa shape index (κ1) is 20.6. The maximum atomic E-state index is 13.6. The van der Waals surface area contributed by atoms with Gasteiger partial charge >= 0.3 is 11.6 Å². The van der Waals surface area contributed by atoms with Crippen LogP contribution < -0.4 is 15.8 Å². The molecule has 0 spiro atoms. The number of hydrogen-bond donors (Lipinski definition) is 2. The summed E-state index contributed by atoms with van der Waals surface area (Å²) < 4.78 is 21.6. The number of oxazole rings is 1. The molecular formula is C23H21FN7O2+. The van der Waals surface area contributed by atoms with Gasteiger partial charge in [-0.25, -0.2) is 19.3 Å². The van der Waals surface area contributed by atoms with E-state index < -0.39 is 5.69 Å². The molecule has 5 rings (SSSR count). The standard InChI is InChI=1S/C23H20FN7O2/c1-12-8-16(9-13(2)27-12)19-20(15-4-6-17(24)7-5-15)28-22(25)31-21(19)29-30(23(31)32)10-18-14(3)33-11-26-18/h4-9,11H,10H2,1-3H3,(H2,25,27,28,29)/p+1. The van der Waals surface area contributed by atoms with Crippen LogP contribution in [-0.2, 0) is 6.54 Å². The second-order valence-electron chi connectivity index (χ2n) is 7.86. The lowest BCUT2D eigenvalue weighted by Crippen LogP contribution is -2.44. The maximum Gasteiger partial charge on any atom is 0.428 e. The number of nitrogens with one attached hydrogen (secondary N) is 1. The molecule has 5 aromatic rings. The molecule has 1 aromatic carbocycles. The molecule has 4 aromatic heterocycles. The van der Waals surface area contributed by atoms with Crippen molar-refractivity contribution in [3.05, 3.63) is 81.9 Å². The number of fused-ring (bicyclic) bond motifs is 1.